The molecule has 2 nitrogen and oxygen atoms in total. The molecule has 0 amide bonds. The molecule has 2 rings (SSSR count). The van der Waals surface area contributed by atoms with Gasteiger partial charge in [0.2, 0.25) is 0 Å². The Morgan fingerprint density at radius 1 is 1.46 bits per heavy atom. The summed E-state index contributed by atoms with van der Waals surface area (Å²) >= 11 is 4.92. The average molecular weight is 191 g/mol. The van der Waals surface area contributed by atoms with Crippen LogP contribution in [0.1, 0.15) is 11.3 Å². The molecule has 2 aromatic rings. The van der Waals surface area contributed by atoms with Crippen molar-refractivity contribution in [3.63, 3.8) is 0 Å². The Hall–Kier alpha value is -1.35. The third-order valence-corrected chi connectivity index (χ3v) is 2.15. The van der Waals surface area contributed by atoms with Gasteiger partial charge in [0.05, 0.1) is 5.56 Å². The van der Waals surface area contributed by atoms with Crippen LogP contribution in [0, 0.1) is 6.92 Å². The van der Waals surface area contributed by atoms with Crippen LogP contribution < -0.4 is 5.73 Å². The molecule has 0 saturated carbocycles. The summed E-state index contributed by atoms with van der Waals surface area (Å²) in [6.07, 6.45) is 0. The number of hydrogen-bond donors (Lipinski definition) is 1. The van der Waals surface area contributed by atoms with Crippen LogP contribution in [0.2, 0.25) is 0 Å². The number of para-hydroxylation sites is 1. The zero-order valence-electron chi connectivity index (χ0n) is 7.20. The summed E-state index contributed by atoms with van der Waals surface area (Å²) in [5.41, 5.74) is 7.15. The third-order valence-electron chi connectivity index (χ3n) is 1.93. The van der Waals surface area contributed by atoms with Crippen LogP contribution in [0.25, 0.3) is 11.0 Å². The van der Waals surface area contributed by atoms with Gasteiger partial charge < -0.3 is 10.2 Å². The lowest BCUT2D eigenvalue weighted by atomic mass is 10.1. The quantitative estimate of drug-likeness (QED) is 0.703. The lowest BCUT2D eigenvalue weighted by Gasteiger charge is -1.97. The van der Waals surface area contributed by atoms with Crippen molar-refractivity contribution in [1.82, 2.24) is 0 Å². The Bertz CT molecular complexity index is 473. The van der Waals surface area contributed by atoms with Gasteiger partial charge in [0.1, 0.15) is 16.3 Å². The first-order chi connectivity index (χ1) is 6.18. The first kappa shape index (κ1) is 8.26. The lowest BCUT2D eigenvalue weighted by Crippen LogP contribution is -2.09. The largest absolute Gasteiger partial charge is 0.461 e. The maximum absolute atomic E-state index is 5.56. The van der Waals surface area contributed by atoms with Crippen molar-refractivity contribution in [2.45, 2.75) is 6.92 Å². The van der Waals surface area contributed by atoms with Crippen molar-refractivity contribution >= 4 is 28.2 Å². The summed E-state index contributed by atoms with van der Waals surface area (Å²) in [5, 5.41) is 1.04. The second-order valence-electron chi connectivity index (χ2n) is 2.95. The van der Waals surface area contributed by atoms with Crippen LogP contribution in [-0.4, -0.2) is 4.99 Å². The van der Waals surface area contributed by atoms with Gasteiger partial charge in [-0.15, -0.1) is 0 Å². The molecule has 0 bridgehead atoms. The highest BCUT2D eigenvalue weighted by Crippen LogP contribution is 2.22. The van der Waals surface area contributed by atoms with Gasteiger partial charge in [-0.05, 0) is 19.1 Å². The van der Waals surface area contributed by atoms with Crippen LogP contribution in [0.3, 0.4) is 0 Å². The van der Waals surface area contributed by atoms with E-state index in [1.54, 1.807) is 0 Å². The minimum Gasteiger partial charge on any atom is -0.461 e. The highest BCUT2D eigenvalue weighted by molar-refractivity contribution is 7.80. The number of thiocarbonyl (C=S) groups is 1. The third kappa shape index (κ3) is 1.31. The molecule has 1 aromatic carbocycles. The van der Waals surface area contributed by atoms with E-state index in [4.69, 9.17) is 22.4 Å². The Balaban J connectivity index is 2.82. The highest BCUT2D eigenvalue weighted by atomic mass is 32.1. The Morgan fingerprint density at radius 3 is 2.92 bits per heavy atom. The molecule has 0 saturated heterocycles. The highest BCUT2D eigenvalue weighted by Gasteiger charge is 2.07. The zero-order chi connectivity index (χ0) is 9.42. The standard InChI is InChI=1S/C10H9NOS/c1-6-5-7-3-2-4-8(10(11)13)9(7)12-6/h2-5H,1H3,(H2,11,13). The summed E-state index contributed by atoms with van der Waals surface area (Å²) in [4.78, 5) is 0.375. The van der Waals surface area contributed by atoms with E-state index >= 15 is 0 Å². The topological polar surface area (TPSA) is 39.2 Å². The van der Waals surface area contributed by atoms with Gasteiger partial charge in [-0.2, -0.15) is 0 Å². The van der Waals surface area contributed by atoms with Crippen molar-refractivity contribution in [2.75, 3.05) is 0 Å². The molecule has 66 valence electrons. The van der Waals surface area contributed by atoms with E-state index in [1.165, 1.54) is 0 Å². The molecule has 0 aliphatic carbocycles. The van der Waals surface area contributed by atoms with Crippen molar-refractivity contribution in [3.8, 4) is 0 Å². The second-order valence-corrected chi connectivity index (χ2v) is 3.39. The minimum absolute atomic E-state index is 0.375. The molecule has 13 heavy (non-hydrogen) atoms. The molecule has 0 atom stereocenters. The first-order valence-electron chi connectivity index (χ1n) is 3.97. The Labute approximate surface area is 81.3 Å². The van der Waals surface area contributed by atoms with Gasteiger partial charge in [0.15, 0.2) is 0 Å². The van der Waals surface area contributed by atoms with Crippen molar-refractivity contribution in [2.24, 2.45) is 5.73 Å². The predicted molar refractivity (Wildman–Crippen MR) is 56.8 cm³/mol. The van der Waals surface area contributed by atoms with Gasteiger partial charge in [0, 0.05) is 5.39 Å². The number of benzene rings is 1. The summed E-state index contributed by atoms with van der Waals surface area (Å²) in [6.45, 7) is 1.91. The van der Waals surface area contributed by atoms with Crippen LogP contribution >= 0.6 is 12.2 Å². The molecule has 0 spiro atoms. The minimum atomic E-state index is 0.375. The first-order valence-corrected chi connectivity index (χ1v) is 4.38. The van der Waals surface area contributed by atoms with E-state index < -0.39 is 0 Å². The molecule has 0 aliphatic heterocycles. The summed E-state index contributed by atoms with van der Waals surface area (Å²) in [5.74, 6) is 0.874. The summed E-state index contributed by atoms with van der Waals surface area (Å²) < 4.78 is 5.49. The van der Waals surface area contributed by atoms with Crippen molar-refractivity contribution in [1.29, 1.82) is 0 Å². The van der Waals surface area contributed by atoms with E-state index in [-0.39, 0.29) is 0 Å². The van der Waals surface area contributed by atoms with E-state index in [0.717, 1.165) is 22.3 Å². The van der Waals surface area contributed by atoms with Gasteiger partial charge in [0.25, 0.3) is 0 Å². The normalized spacial score (nSPS) is 10.5. The summed E-state index contributed by atoms with van der Waals surface area (Å²) in [7, 11) is 0. The molecule has 3 heteroatoms. The van der Waals surface area contributed by atoms with E-state index in [0.29, 0.717) is 4.99 Å². The molecule has 0 radical (unpaired) electrons. The zero-order valence-corrected chi connectivity index (χ0v) is 8.02. The fraction of sp³-hybridized carbons (Fsp3) is 0.100. The molecule has 0 unspecified atom stereocenters. The molecule has 0 fully saturated rings. The van der Waals surface area contributed by atoms with Gasteiger partial charge in [-0.3, -0.25) is 0 Å². The number of rotatable bonds is 1. The maximum Gasteiger partial charge on any atom is 0.144 e. The second kappa shape index (κ2) is 2.85. The van der Waals surface area contributed by atoms with E-state index in [9.17, 15) is 0 Å². The van der Waals surface area contributed by atoms with Crippen molar-refractivity contribution < 1.29 is 4.42 Å². The monoisotopic (exact) mass is 191 g/mol. The molecule has 2 N–H and O–H groups in total. The molecular formula is C10H9NOS. The number of fused-ring (bicyclic) bond motifs is 1. The maximum atomic E-state index is 5.56. The summed E-state index contributed by atoms with van der Waals surface area (Å²) in [6, 6.07) is 7.74. The molecule has 1 aromatic heterocycles. The number of aryl methyl sites for hydroxylation is 1. The Kier molecular flexibility index (Phi) is 1.81. The van der Waals surface area contributed by atoms with Gasteiger partial charge in [-0.1, -0.05) is 24.4 Å². The van der Waals surface area contributed by atoms with Crippen LogP contribution in [0.15, 0.2) is 28.7 Å². The molecular weight excluding hydrogens is 182 g/mol. The predicted octanol–water partition coefficient (Wildman–Crippen LogP) is 2.38. The fourth-order valence-corrected chi connectivity index (χ4v) is 1.55. The lowest BCUT2D eigenvalue weighted by molar-refractivity contribution is 0.578. The van der Waals surface area contributed by atoms with Gasteiger partial charge >= 0.3 is 0 Å². The van der Waals surface area contributed by atoms with E-state index in [1.807, 2.05) is 31.2 Å². The molecule has 0 aliphatic rings. The van der Waals surface area contributed by atoms with Crippen LogP contribution in [-0.2, 0) is 0 Å². The number of furan rings is 1. The SMILES string of the molecule is Cc1cc2cccc(C(N)=S)c2o1. The smallest absolute Gasteiger partial charge is 0.144 e. The van der Waals surface area contributed by atoms with Crippen LogP contribution in [0.4, 0.5) is 0 Å². The van der Waals surface area contributed by atoms with Crippen LogP contribution in [0.5, 0.6) is 0 Å². The van der Waals surface area contributed by atoms with Gasteiger partial charge in [-0.25, -0.2) is 0 Å². The van der Waals surface area contributed by atoms with Crippen molar-refractivity contribution in [3.05, 3.63) is 35.6 Å². The van der Waals surface area contributed by atoms with E-state index in [2.05, 4.69) is 0 Å². The fourth-order valence-electron chi connectivity index (χ4n) is 1.39. The molecule has 1 heterocycles. The average Bonchev–Trinajstić information content (AvgIpc) is 2.43. The Morgan fingerprint density at radius 2 is 2.23 bits per heavy atom. The number of nitrogens with two attached hydrogens (primary N) is 1. The number of hydrogen-bond acceptors (Lipinski definition) is 2.